The Morgan fingerprint density at radius 1 is 1.38 bits per heavy atom. The molecule has 1 heterocycles. The maximum Gasteiger partial charge on any atom is 0.337 e. The Kier molecular flexibility index (Phi) is 5.71. The first kappa shape index (κ1) is 18.1. The lowest BCUT2D eigenvalue weighted by Gasteiger charge is -2.29. The first-order valence-corrected chi connectivity index (χ1v) is 7.39. The normalized spacial score (nSPS) is 14.7. The zero-order valence-corrected chi connectivity index (χ0v) is 13.3. The van der Waals surface area contributed by atoms with Crippen LogP contribution >= 0.6 is 11.6 Å². The lowest BCUT2D eigenvalue weighted by atomic mass is 9.90. The number of hydrogen-bond acceptors (Lipinski definition) is 5. The smallest absolute Gasteiger partial charge is 0.337 e. The van der Waals surface area contributed by atoms with E-state index in [9.17, 15) is 19.4 Å². The van der Waals surface area contributed by atoms with Crippen LogP contribution in [0.25, 0.3) is 0 Å². The number of rotatable bonds is 7. The zero-order valence-electron chi connectivity index (χ0n) is 12.5. The predicted octanol–water partition coefficient (Wildman–Crippen LogP) is 1.64. The number of aromatic nitrogens is 1. The van der Waals surface area contributed by atoms with Crippen molar-refractivity contribution < 1.29 is 24.1 Å². The van der Waals surface area contributed by atoms with Gasteiger partial charge in [-0.15, -0.1) is 0 Å². The van der Waals surface area contributed by atoms with Crippen molar-refractivity contribution >= 4 is 17.6 Å². The summed E-state index contributed by atoms with van der Waals surface area (Å²) in [6.07, 6.45) is 1.07. The first-order chi connectivity index (χ1) is 11.3. The molecule has 0 amide bonds. The van der Waals surface area contributed by atoms with Crippen molar-refractivity contribution in [2.75, 3.05) is 6.61 Å². The summed E-state index contributed by atoms with van der Waals surface area (Å²) in [5, 5.41) is 20.2. The van der Waals surface area contributed by atoms with Crippen LogP contribution < -0.4 is 10.5 Å². The second-order valence-electron chi connectivity index (χ2n) is 5.24. The number of carboxylic acids is 1. The van der Waals surface area contributed by atoms with Gasteiger partial charge in [0.1, 0.15) is 18.2 Å². The van der Waals surface area contributed by atoms with Crippen molar-refractivity contribution in [3.05, 3.63) is 59.1 Å². The van der Waals surface area contributed by atoms with Crippen LogP contribution in [0, 0.1) is 5.82 Å². The lowest BCUT2D eigenvalue weighted by molar-refractivity contribution is -0.161. The highest BCUT2D eigenvalue weighted by molar-refractivity contribution is 6.30. The number of nitrogens with zero attached hydrogens (tertiary/aromatic N) is 1. The van der Waals surface area contributed by atoms with E-state index in [4.69, 9.17) is 22.1 Å². The number of nitrogens with two attached hydrogens (primary N) is 1. The van der Waals surface area contributed by atoms with Crippen molar-refractivity contribution in [1.29, 1.82) is 0 Å². The monoisotopic (exact) mass is 354 g/mol. The fourth-order valence-corrected chi connectivity index (χ4v) is 2.22. The van der Waals surface area contributed by atoms with Crippen molar-refractivity contribution in [1.82, 2.24) is 4.98 Å². The van der Waals surface area contributed by atoms with E-state index in [1.807, 2.05) is 0 Å². The average Bonchev–Trinajstić information content (AvgIpc) is 2.53. The lowest BCUT2D eigenvalue weighted by Crippen LogP contribution is -2.58. The molecular weight excluding hydrogens is 339 g/mol. The van der Waals surface area contributed by atoms with E-state index in [-0.39, 0.29) is 18.7 Å². The van der Waals surface area contributed by atoms with E-state index >= 15 is 0 Å². The molecule has 2 atom stereocenters. The second kappa shape index (κ2) is 7.57. The number of pyridine rings is 1. The van der Waals surface area contributed by atoms with Crippen LogP contribution in [0.2, 0.25) is 5.02 Å². The molecule has 0 spiro atoms. The molecule has 8 heteroatoms. The topological polar surface area (TPSA) is 106 Å². The Labute approximate surface area is 142 Å². The van der Waals surface area contributed by atoms with Crippen molar-refractivity contribution in [3.8, 4) is 5.75 Å². The maximum atomic E-state index is 12.8. The fourth-order valence-electron chi connectivity index (χ4n) is 2.04. The van der Waals surface area contributed by atoms with E-state index in [1.54, 1.807) is 0 Å². The Morgan fingerprint density at radius 2 is 2.04 bits per heavy atom. The third-order valence-corrected chi connectivity index (χ3v) is 3.69. The minimum absolute atomic E-state index is 0.282. The second-order valence-corrected chi connectivity index (χ2v) is 5.68. The standard InChI is InChI=1S/C16H16ClFN2O4/c17-10-5-6-20-12(7-10)8-16(23,15(21)22)14(19)9-24-13-3-1-11(18)2-4-13/h1-7,14,23H,8-9,19H2,(H,21,22). The first-order valence-electron chi connectivity index (χ1n) is 7.01. The molecule has 4 N–H and O–H groups in total. The molecule has 0 saturated heterocycles. The molecule has 2 aromatic rings. The molecule has 0 radical (unpaired) electrons. The van der Waals surface area contributed by atoms with Crippen LogP contribution in [-0.4, -0.2) is 39.4 Å². The van der Waals surface area contributed by atoms with E-state index in [0.29, 0.717) is 10.8 Å². The van der Waals surface area contributed by atoms with Gasteiger partial charge in [0.2, 0.25) is 0 Å². The van der Waals surface area contributed by atoms with Gasteiger partial charge in [0.05, 0.1) is 6.04 Å². The molecule has 6 nitrogen and oxygen atoms in total. The molecule has 1 aromatic carbocycles. The molecule has 0 aliphatic rings. The Morgan fingerprint density at radius 3 is 2.62 bits per heavy atom. The quantitative estimate of drug-likeness (QED) is 0.698. The minimum atomic E-state index is -2.29. The van der Waals surface area contributed by atoms with Crippen LogP contribution in [0.4, 0.5) is 4.39 Å². The Bertz CT molecular complexity index is 713. The summed E-state index contributed by atoms with van der Waals surface area (Å²) in [5.74, 6) is -1.62. The summed E-state index contributed by atoms with van der Waals surface area (Å²) < 4.78 is 18.2. The summed E-state index contributed by atoms with van der Waals surface area (Å²) in [6.45, 7) is -0.283. The Hall–Kier alpha value is -2.22. The summed E-state index contributed by atoms with van der Waals surface area (Å²) >= 11 is 5.83. The maximum absolute atomic E-state index is 12.8. The molecule has 0 bridgehead atoms. The van der Waals surface area contributed by atoms with E-state index in [0.717, 1.165) is 0 Å². The van der Waals surface area contributed by atoms with E-state index in [1.165, 1.54) is 42.6 Å². The van der Waals surface area contributed by atoms with Gasteiger partial charge < -0.3 is 20.7 Å². The molecule has 2 unspecified atom stereocenters. The molecular formula is C16H16ClFN2O4. The van der Waals surface area contributed by atoms with Gasteiger partial charge in [-0.05, 0) is 36.4 Å². The number of aliphatic carboxylic acids is 1. The minimum Gasteiger partial charge on any atom is -0.492 e. The van der Waals surface area contributed by atoms with Crippen LogP contribution in [-0.2, 0) is 11.2 Å². The summed E-state index contributed by atoms with van der Waals surface area (Å²) in [6, 6.07) is 6.87. The summed E-state index contributed by atoms with van der Waals surface area (Å²) in [5.41, 5.74) is 3.81. The van der Waals surface area contributed by atoms with Crippen LogP contribution in [0.3, 0.4) is 0 Å². The van der Waals surface area contributed by atoms with E-state index in [2.05, 4.69) is 4.98 Å². The molecule has 128 valence electrons. The molecule has 24 heavy (non-hydrogen) atoms. The van der Waals surface area contributed by atoms with Gasteiger partial charge in [-0.3, -0.25) is 4.98 Å². The highest BCUT2D eigenvalue weighted by Crippen LogP contribution is 2.20. The summed E-state index contributed by atoms with van der Waals surface area (Å²) in [7, 11) is 0. The number of benzene rings is 1. The molecule has 0 aliphatic carbocycles. The van der Waals surface area contributed by atoms with Gasteiger partial charge >= 0.3 is 5.97 Å². The van der Waals surface area contributed by atoms with Gasteiger partial charge in [-0.1, -0.05) is 11.6 Å². The molecule has 0 saturated carbocycles. The number of carbonyl (C=O) groups is 1. The molecule has 2 rings (SSSR count). The Balaban J connectivity index is 2.10. The van der Waals surface area contributed by atoms with Gasteiger partial charge in [-0.25, -0.2) is 9.18 Å². The third-order valence-electron chi connectivity index (χ3n) is 3.46. The van der Waals surface area contributed by atoms with Gasteiger partial charge in [0.25, 0.3) is 0 Å². The summed E-state index contributed by atoms with van der Waals surface area (Å²) in [4.78, 5) is 15.5. The van der Waals surface area contributed by atoms with Crippen LogP contribution in [0.5, 0.6) is 5.75 Å². The van der Waals surface area contributed by atoms with Crippen molar-refractivity contribution in [2.24, 2.45) is 5.73 Å². The number of halogens is 2. The number of ether oxygens (including phenoxy) is 1. The van der Waals surface area contributed by atoms with Crippen LogP contribution in [0.15, 0.2) is 42.6 Å². The zero-order chi connectivity index (χ0) is 17.7. The largest absolute Gasteiger partial charge is 0.492 e. The SMILES string of the molecule is NC(COc1ccc(F)cc1)C(O)(Cc1cc(Cl)ccn1)C(=O)O. The number of aliphatic hydroxyl groups is 1. The van der Waals surface area contributed by atoms with Crippen LogP contribution in [0.1, 0.15) is 5.69 Å². The third kappa shape index (κ3) is 4.41. The van der Waals surface area contributed by atoms with E-state index < -0.39 is 23.4 Å². The molecule has 0 fully saturated rings. The number of hydrogen-bond donors (Lipinski definition) is 3. The number of carboxylic acid groups (broad SMARTS) is 1. The predicted molar refractivity (Wildman–Crippen MR) is 85.4 cm³/mol. The average molecular weight is 355 g/mol. The van der Waals surface area contributed by atoms with Crippen molar-refractivity contribution in [3.63, 3.8) is 0 Å². The molecule has 1 aromatic heterocycles. The highest BCUT2D eigenvalue weighted by atomic mass is 35.5. The van der Waals surface area contributed by atoms with Gasteiger partial charge in [0, 0.05) is 23.3 Å². The molecule has 0 aliphatic heterocycles. The van der Waals surface area contributed by atoms with Crippen molar-refractivity contribution in [2.45, 2.75) is 18.1 Å². The van der Waals surface area contributed by atoms with Gasteiger partial charge in [-0.2, -0.15) is 0 Å². The highest BCUT2D eigenvalue weighted by Gasteiger charge is 2.43. The van der Waals surface area contributed by atoms with Gasteiger partial charge in [0.15, 0.2) is 5.60 Å². The fraction of sp³-hybridized carbons (Fsp3) is 0.250.